The Morgan fingerprint density at radius 3 is 2.30 bits per heavy atom. The van der Waals surface area contributed by atoms with Gasteiger partial charge in [-0.05, 0) is 61.7 Å². The maximum atomic E-state index is 11.3. The standard InChI is InChI=1S/C15H15ClO3S/c1-10-5-4-6-14(12(10)3)19-13-7-8-15(11(2)9-13)20(16,17)18/h4-9H,1-3H3. The van der Waals surface area contributed by atoms with E-state index in [0.29, 0.717) is 11.3 Å². The summed E-state index contributed by atoms with van der Waals surface area (Å²) in [5, 5.41) is 0. The zero-order valence-corrected chi connectivity index (χ0v) is 13.0. The van der Waals surface area contributed by atoms with Crippen LogP contribution in [0.2, 0.25) is 0 Å². The fourth-order valence-electron chi connectivity index (χ4n) is 1.92. The Labute approximate surface area is 123 Å². The third-order valence-corrected chi connectivity index (χ3v) is 4.67. The van der Waals surface area contributed by atoms with Gasteiger partial charge in [-0.1, -0.05) is 12.1 Å². The van der Waals surface area contributed by atoms with Crippen molar-refractivity contribution in [3.05, 3.63) is 53.1 Å². The Hall–Kier alpha value is -1.52. The number of hydrogen-bond acceptors (Lipinski definition) is 3. The summed E-state index contributed by atoms with van der Waals surface area (Å²) in [5.41, 5.74) is 2.75. The molecule has 0 atom stereocenters. The van der Waals surface area contributed by atoms with Crippen molar-refractivity contribution < 1.29 is 13.2 Å². The van der Waals surface area contributed by atoms with Gasteiger partial charge in [0.25, 0.3) is 9.05 Å². The third kappa shape index (κ3) is 3.14. The first-order valence-corrected chi connectivity index (χ1v) is 8.39. The number of hydrogen-bond donors (Lipinski definition) is 0. The van der Waals surface area contributed by atoms with E-state index in [0.717, 1.165) is 16.9 Å². The molecule has 0 saturated heterocycles. The molecule has 20 heavy (non-hydrogen) atoms. The van der Waals surface area contributed by atoms with E-state index >= 15 is 0 Å². The minimum atomic E-state index is -3.72. The molecule has 0 unspecified atom stereocenters. The zero-order valence-electron chi connectivity index (χ0n) is 11.5. The maximum absolute atomic E-state index is 11.3. The minimum absolute atomic E-state index is 0.104. The molecular formula is C15H15ClO3S. The SMILES string of the molecule is Cc1cc(Oc2cccc(C)c2C)ccc1S(=O)(=O)Cl. The van der Waals surface area contributed by atoms with Crippen molar-refractivity contribution >= 4 is 19.7 Å². The molecule has 0 heterocycles. The van der Waals surface area contributed by atoms with Crippen molar-refractivity contribution in [2.45, 2.75) is 25.7 Å². The molecular weight excluding hydrogens is 296 g/mol. The van der Waals surface area contributed by atoms with E-state index in [4.69, 9.17) is 15.4 Å². The summed E-state index contributed by atoms with van der Waals surface area (Å²) >= 11 is 0. The second-order valence-corrected chi connectivity index (χ2v) is 7.20. The lowest BCUT2D eigenvalue weighted by atomic mass is 10.1. The van der Waals surface area contributed by atoms with E-state index in [1.165, 1.54) is 6.07 Å². The summed E-state index contributed by atoms with van der Waals surface area (Å²) in [6, 6.07) is 10.5. The molecule has 0 aromatic heterocycles. The number of halogens is 1. The Bertz CT molecular complexity index is 752. The van der Waals surface area contributed by atoms with E-state index in [9.17, 15) is 8.42 Å². The third-order valence-electron chi connectivity index (χ3n) is 3.19. The molecule has 2 rings (SSSR count). The molecule has 5 heteroatoms. The Kier molecular flexibility index (Phi) is 4.06. The first-order valence-electron chi connectivity index (χ1n) is 6.08. The summed E-state index contributed by atoms with van der Waals surface area (Å²) < 4.78 is 28.5. The smallest absolute Gasteiger partial charge is 0.261 e. The second kappa shape index (κ2) is 5.46. The molecule has 0 amide bonds. The van der Waals surface area contributed by atoms with Gasteiger partial charge in [-0.3, -0.25) is 0 Å². The van der Waals surface area contributed by atoms with Gasteiger partial charge in [0.15, 0.2) is 0 Å². The highest BCUT2D eigenvalue weighted by molar-refractivity contribution is 8.13. The molecule has 0 aliphatic carbocycles. The van der Waals surface area contributed by atoms with Gasteiger partial charge >= 0.3 is 0 Å². The van der Waals surface area contributed by atoms with Crippen molar-refractivity contribution in [3.63, 3.8) is 0 Å². The fraction of sp³-hybridized carbons (Fsp3) is 0.200. The maximum Gasteiger partial charge on any atom is 0.261 e. The molecule has 0 aliphatic rings. The summed E-state index contributed by atoms with van der Waals surface area (Å²) in [4.78, 5) is 0.104. The van der Waals surface area contributed by atoms with Crippen molar-refractivity contribution in [1.82, 2.24) is 0 Å². The lowest BCUT2D eigenvalue weighted by Crippen LogP contribution is -1.96. The quantitative estimate of drug-likeness (QED) is 0.792. The van der Waals surface area contributed by atoms with E-state index in [1.54, 1.807) is 19.1 Å². The number of ether oxygens (including phenoxy) is 1. The second-order valence-electron chi connectivity index (χ2n) is 4.67. The molecule has 2 aromatic carbocycles. The van der Waals surface area contributed by atoms with Gasteiger partial charge in [0.05, 0.1) is 4.90 Å². The number of rotatable bonds is 3. The molecule has 3 nitrogen and oxygen atoms in total. The largest absolute Gasteiger partial charge is 0.457 e. The topological polar surface area (TPSA) is 43.4 Å². The van der Waals surface area contributed by atoms with Crippen LogP contribution in [0.4, 0.5) is 0 Å². The average molecular weight is 311 g/mol. The minimum Gasteiger partial charge on any atom is -0.457 e. The molecule has 0 radical (unpaired) electrons. The van der Waals surface area contributed by atoms with Gasteiger partial charge < -0.3 is 4.74 Å². The van der Waals surface area contributed by atoms with Gasteiger partial charge in [0.2, 0.25) is 0 Å². The predicted octanol–water partition coefficient (Wildman–Crippen LogP) is 4.33. The molecule has 0 spiro atoms. The number of benzene rings is 2. The Morgan fingerprint density at radius 1 is 1.00 bits per heavy atom. The molecule has 2 aromatic rings. The van der Waals surface area contributed by atoms with Crippen molar-refractivity contribution in [2.24, 2.45) is 0 Å². The van der Waals surface area contributed by atoms with Crippen LogP contribution in [0.25, 0.3) is 0 Å². The van der Waals surface area contributed by atoms with E-state index < -0.39 is 9.05 Å². The van der Waals surface area contributed by atoms with E-state index in [2.05, 4.69) is 0 Å². The van der Waals surface area contributed by atoms with Crippen LogP contribution in [0, 0.1) is 20.8 Å². The fourth-order valence-corrected chi connectivity index (χ4v) is 3.11. The molecule has 106 valence electrons. The Morgan fingerprint density at radius 2 is 1.70 bits per heavy atom. The van der Waals surface area contributed by atoms with Crippen molar-refractivity contribution in [2.75, 3.05) is 0 Å². The zero-order chi connectivity index (χ0) is 14.9. The van der Waals surface area contributed by atoms with Gasteiger partial charge in [-0.2, -0.15) is 0 Å². The van der Waals surface area contributed by atoms with Crippen LogP contribution >= 0.6 is 10.7 Å². The van der Waals surface area contributed by atoms with Gasteiger partial charge in [0, 0.05) is 10.7 Å². The van der Waals surface area contributed by atoms with E-state index in [1.807, 2.05) is 32.0 Å². The van der Waals surface area contributed by atoms with Crippen LogP contribution in [0.3, 0.4) is 0 Å². The average Bonchev–Trinajstić information content (AvgIpc) is 2.33. The summed E-state index contributed by atoms with van der Waals surface area (Å²) in [5.74, 6) is 1.34. The normalized spacial score (nSPS) is 11.4. The summed E-state index contributed by atoms with van der Waals surface area (Å²) in [6.45, 7) is 5.68. The van der Waals surface area contributed by atoms with Crippen LogP contribution in [0.5, 0.6) is 11.5 Å². The van der Waals surface area contributed by atoms with Crippen LogP contribution in [0.15, 0.2) is 41.3 Å². The lowest BCUT2D eigenvalue weighted by Gasteiger charge is -2.11. The molecule has 0 aliphatic heterocycles. The predicted molar refractivity (Wildman–Crippen MR) is 80.2 cm³/mol. The molecule has 0 saturated carbocycles. The number of aryl methyl sites for hydroxylation is 2. The van der Waals surface area contributed by atoms with E-state index in [-0.39, 0.29) is 4.90 Å². The molecule has 0 bridgehead atoms. The highest BCUT2D eigenvalue weighted by atomic mass is 35.7. The highest BCUT2D eigenvalue weighted by Crippen LogP contribution is 2.29. The van der Waals surface area contributed by atoms with Gasteiger partial charge in [-0.15, -0.1) is 0 Å². The first kappa shape index (κ1) is 14.9. The molecule has 0 N–H and O–H groups in total. The molecule has 0 fully saturated rings. The van der Waals surface area contributed by atoms with Crippen LogP contribution in [0.1, 0.15) is 16.7 Å². The van der Waals surface area contributed by atoms with Crippen molar-refractivity contribution in [1.29, 1.82) is 0 Å². The Balaban J connectivity index is 2.36. The van der Waals surface area contributed by atoms with Crippen LogP contribution in [-0.2, 0) is 9.05 Å². The first-order chi connectivity index (χ1) is 9.29. The van der Waals surface area contributed by atoms with Gasteiger partial charge in [-0.25, -0.2) is 8.42 Å². The van der Waals surface area contributed by atoms with Gasteiger partial charge in [0.1, 0.15) is 11.5 Å². The van der Waals surface area contributed by atoms with Crippen molar-refractivity contribution in [3.8, 4) is 11.5 Å². The van der Waals surface area contributed by atoms with Crippen LogP contribution in [-0.4, -0.2) is 8.42 Å². The monoisotopic (exact) mass is 310 g/mol. The summed E-state index contributed by atoms with van der Waals surface area (Å²) in [6.07, 6.45) is 0. The lowest BCUT2D eigenvalue weighted by molar-refractivity contribution is 0.477. The highest BCUT2D eigenvalue weighted by Gasteiger charge is 2.14. The summed E-state index contributed by atoms with van der Waals surface area (Å²) in [7, 11) is 1.63. The van der Waals surface area contributed by atoms with Crippen LogP contribution < -0.4 is 4.74 Å².